The molecule has 0 aliphatic rings. The zero-order chi connectivity index (χ0) is 19.1. The highest BCUT2D eigenvalue weighted by Gasteiger charge is 2.15. The molecule has 0 aliphatic carbocycles. The molecule has 0 bridgehead atoms. The van der Waals surface area contributed by atoms with Crippen molar-refractivity contribution in [2.24, 2.45) is 0 Å². The van der Waals surface area contributed by atoms with Crippen LogP contribution in [-0.4, -0.2) is 24.9 Å². The van der Waals surface area contributed by atoms with Gasteiger partial charge in [-0.15, -0.1) is 0 Å². The van der Waals surface area contributed by atoms with Crippen LogP contribution in [0.4, 0.5) is 14.5 Å². The smallest absolute Gasteiger partial charge is 0.223 e. The van der Waals surface area contributed by atoms with Gasteiger partial charge in [-0.05, 0) is 36.2 Å². The molecule has 0 fully saturated rings. The normalized spacial score (nSPS) is 10.5. The molecule has 0 atom stereocenters. The van der Waals surface area contributed by atoms with Crippen LogP contribution in [0.25, 0.3) is 0 Å². The summed E-state index contributed by atoms with van der Waals surface area (Å²) in [6.07, 6.45) is 0.439. The minimum absolute atomic E-state index is 0.0614. The molecule has 0 saturated heterocycles. The molecular formula is C19H19ClF2N2O2. The number of rotatable bonds is 7. The van der Waals surface area contributed by atoms with Crippen molar-refractivity contribution in [3.63, 3.8) is 0 Å². The van der Waals surface area contributed by atoms with Crippen molar-refractivity contribution in [2.75, 3.05) is 18.0 Å². The third-order valence-electron chi connectivity index (χ3n) is 3.83. The van der Waals surface area contributed by atoms with E-state index >= 15 is 0 Å². The van der Waals surface area contributed by atoms with E-state index in [1.807, 2.05) is 0 Å². The Labute approximate surface area is 155 Å². The summed E-state index contributed by atoms with van der Waals surface area (Å²) in [5.41, 5.74) is 0.946. The van der Waals surface area contributed by atoms with E-state index in [2.05, 4.69) is 5.32 Å². The second-order valence-electron chi connectivity index (χ2n) is 5.71. The fourth-order valence-electron chi connectivity index (χ4n) is 2.46. The molecule has 0 heterocycles. The van der Waals surface area contributed by atoms with Gasteiger partial charge in [0.25, 0.3) is 0 Å². The van der Waals surface area contributed by atoms with Gasteiger partial charge in [-0.2, -0.15) is 0 Å². The lowest BCUT2D eigenvalue weighted by atomic mass is 10.1. The van der Waals surface area contributed by atoms with Crippen LogP contribution in [0.15, 0.2) is 42.5 Å². The summed E-state index contributed by atoms with van der Waals surface area (Å²) in [7, 11) is 0. The Morgan fingerprint density at radius 2 is 1.85 bits per heavy atom. The van der Waals surface area contributed by atoms with Gasteiger partial charge in [0, 0.05) is 32.1 Å². The van der Waals surface area contributed by atoms with Crippen LogP contribution < -0.4 is 10.2 Å². The van der Waals surface area contributed by atoms with Crippen LogP contribution in [0.5, 0.6) is 0 Å². The van der Waals surface area contributed by atoms with Crippen molar-refractivity contribution < 1.29 is 18.4 Å². The first-order valence-electron chi connectivity index (χ1n) is 8.11. The molecule has 138 valence electrons. The highest BCUT2D eigenvalue weighted by molar-refractivity contribution is 6.31. The molecule has 26 heavy (non-hydrogen) atoms. The van der Waals surface area contributed by atoms with Crippen LogP contribution in [0.2, 0.25) is 5.02 Å². The van der Waals surface area contributed by atoms with Gasteiger partial charge < -0.3 is 10.2 Å². The summed E-state index contributed by atoms with van der Waals surface area (Å²) in [5.74, 6) is -1.44. The quantitative estimate of drug-likeness (QED) is 0.795. The molecule has 0 radical (unpaired) electrons. The third kappa shape index (κ3) is 5.52. The van der Waals surface area contributed by atoms with E-state index in [0.29, 0.717) is 24.2 Å². The van der Waals surface area contributed by atoms with Gasteiger partial charge in [-0.1, -0.05) is 29.8 Å². The van der Waals surface area contributed by atoms with Gasteiger partial charge in [-0.3, -0.25) is 9.59 Å². The second-order valence-corrected chi connectivity index (χ2v) is 6.12. The summed E-state index contributed by atoms with van der Waals surface area (Å²) >= 11 is 5.74. The fourth-order valence-corrected chi connectivity index (χ4v) is 2.64. The van der Waals surface area contributed by atoms with E-state index in [0.717, 1.165) is 0 Å². The third-order valence-corrected chi connectivity index (χ3v) is 4.12. The van der Waals surface area contributed by atoms with Gasteiger partial charge in [-0.25, -0.2) is 8.78 Å². The predicted molar refractivity (Wildman–Crippen MR) is 97.2 cm³/mol. The molecule has 4 nitrogen and oxygen atoms in total. The maximum atomic E-state index is 13.5. The zero-order valence-corrected chi connectivity index (χ0v) is 15.0. The first-order chi connectivity index (χ1) is 12.4. The first kappa shape index (κ1) is 19.8. The number of amides is 2. The number of hydrogen-bond acceptors (Lipinski definition) is 2. The van der Waals surface area contributed by atoms with E-state index in [1.54, 1.807) is 18.2 Å². The highest BCUT2D eigenvalue weighted by Crippen LogP contribution is 2.23. The topological polar surface area (TPSA) is 49.4 Å². The molecule has 0 spiro atoms. The lowest BCUT2D eigenvalue weighted by molar-refractivity contribution is -0.121. The van der Waals surface area contributed by atoms with Crippen molar-refractivity contribution >= 4 is 29.1 Å². The van der Waals surface area contributed by atoms with Crippen molar-refractivity contribution in [1.82, 2.24) is 5.32 Å². The fraction of sp³-hybridized carbons (Fsp3) is 0.263. The van der Waals surface area contributed by atoms with Crippen LogP contribution in [0, 0.1) is 11.6 Å². The summed E-state index contributed by atoms with van der Waals surface area (Å²) in [6, 6.07) is 10.3. The Morgan fingerprint density at radius 3 is 2.50 bits per heavy atom. The number of hydrogen-bond donors (Lipinski definition) is 1. The summed E-state index contributed by atoms with van der Waals surface area (Å²) in [6.45, 7) is 1.78. The summed E-state index contributed by atoms with van der Waals surface area (Å²) < 4.78 is 26.8. The van der Waals surface area contributed by atoms with E-state index in [1.165, 1.54) is 36.1 Å². The number of nitrogens with zero attached hydrogens (tertiary/aromatic N) is 1. The minimum atomic E-state index is -0.579. The maximum Gasteiger partial charge on any atom is 0.223 e. The van der Waals surface area contributed by atoms with Crippen molar-refractivity contribution in [1.29, 1.82) is 0 Å². The number of carbonyl (C=O) groups excluding carboxylic acids is 2. The van der Waals surface area contributed by atoms with Crippen LogP contribution in [-0.2, 0) is 16.0 Å². The molecule has 0 saturated carbocycles. The Bertz CT molecular complexity index is 799. The molecule has 2 amide bonds. The van der Waals surface area contributed by atoms with E-state index < -0.39 is 5.82 Å². The largest absolute Gasteiger partial charge is 0.356 e. The zero-order valence-electron chi connectivity index (χ0n) is 14.3. The molecule has 0 unspecified atom stereocenters. The first-order valence-corrected chi connectivity index (χ1v) is 8.49. The van der Waals surface area contributed by atoms with Gasteiger partial charge >= 0.3 is 0 Å². The highest BCUT2D eigenvalue weighted by atomic mass is 35.5. The van der Waals surface area contributed by atoms with E-state index in [9.17, 15) is 18.4 Å². The molecule has 0 aliphatic heterocycles. The number of nitrogens with one attached hydrogen (secondary N) is 1. The molecule has 1 N–H and O–H groups in total. The standard InChI is InChI=1S/C19H19ClF2N2O2/c1-13(25)24(15-6-7-18(22)16(20)12-15)11-9-19(26)23-10-8-14-4-2-3-5-17(14)21/h2-7,12H,8-11H2,1H3,(H,23,26). The number of halogens is 3. The lowest BCUT2D eigenvalue weighted by Gasteiger charge is -2.21. The molecule has 0 aromatic heterocycles. The average molecular weight is 381 g/mol. The summed E-state index contributed by atoms with van der Waals surface area (Å²) in [5, 5.41) is 2.60. The van der Waals surface area contributed by atoms with Crippen LogP contribution >= 0.6 is 11.6 Å². The van der Waals surface area contributed by atoms with E-state index in [-0.39, 0.29) is 35.6 Å². The molecular weight excluding hydrogens is 362 g/mol. The molecule has 2 rings (SSSR count). The van der Waals surface area contributed by atoms with E-state index in [4.69, 9.17) is 11.6 Å². The molecule has 2 aromatic carbocycles. The number of carbonyl (C=O) groups is 2. The van der Waals surface area contributed by atoms with Gasteiger partial charge in [0.05, 0.1) is 5.02 Å². The van der Waals surface area contributed by atoms with Crippen molar-refractivity contribution in [2.45, 2.75) is 19.8 Å². The van der Waals surface area contributed by atoms with Gasteiger partial charge in [0.1, 0.15) is 11.6 Å². The van der Waals surface area contributed by atoms with Gasteiger partial charge in [0.15, 0.2) is 0 Å². The van der Waals surface area contributed by atoms with Crippen molar-refractivity contribution in [3.05, 3.63) is 64.7 Å². The Morgan fingerprint density at radius 1 is 1.12 bits per heavy atom. The maximum absolute atomic E-state index is 13.5. The molecule has 2 aromatic rings. The lowest BCUT2D eigenvalue weighted by Crippen LogP contribution is -2.34. The Hall–Kier alpha value is -2.47. The average Bonchev–Trinajstić information content (AvgIpc) is 2.59. The summed E-state index contributed by atoms with van der Waals surface area (Å²) in [4.78, 5) is 25.1. The predicted octanol–water partition coefficient (Wildman–Crippen LogP) is 3.72. The number of benzene rings is 2. The second kappa shape index (κ2) is 9.29. The van der Waals surface area contributed by atoms with Gasteiger partial charge in [0.2, 0.25) is 11.8 Å². The Kier molecular flexibility index (Phi) is 7.09. The van der Waals surface area contributed by atoms with Crippen LogP contribution in [0.3, 0.4) is 0 Å². The minimum Gasteiger partial charge on any atom is -0.356 e. The molecule has 7 heteroatoms. The van der Waals surface area contributed by atoms with Crippen LogP contribution in [0.1, 0.15) is 18.9 Å². The number of anilines is 1. The Balaban J connectivity index is 1.86. The van der Waals surface area contributed by atoms with Crippen molar-refractivity contribution in [3.8, 4) is 0 Å². The monoisotopic (exact) mass is 380 g/mol. The SMILES string of the molecule is CC(=O)N(CCC(=O)NCCc1ccccc1F)c1ccc(F)c(Cl)c1.